The van der Waals surface area contributed by atoms with Crippen LogP contribution in [0.3, 0.4) is 0 Å². The number of ether oxygens (including phenoxy) is 1. The Kier molecular flexibility index (Phi) is 6.02. The minimum Gasteiger partial charge on any atom is -0.495 e. The summed E-state index contributed by atoms with van der Waals surface area (Å²) in [6.07, 6.45) is 2.34. The first-order chi connectivity index (χ1) is 14.4. The summed E-state index contributed by atoms with van der Waals surface area (Å²) in [5.74, 6) is 0.165. The van der Waals surface area contributed by atoms with Crippen LogP contribution in [0.2, 0.25) is 5.02 Å². The number of nitrogens with zero attached hydrogens (tertiary/aromatic N) is 3. The van der Waals surface area contributed by atoms with E-state index in [0.29, 0.717) is 36.2 Å². The van der Waals surface area contributed by atoms with Gasteiger partial charge in [0.25, 0.3) is 0 Å². The Morgan fingerprint density at radius 1 is 1.47 bits per heavy atom. The number of alkyl halides is 1. The molecule has 10 heteroatoms. The molecule has 1 aliphatic heterocycles. The minimum atomic E-state index is -1.15. The number of benzene rings is 1. The van der Waals surface area contributed by atoms with Crippen LogP contribution in [0.1, 0.15) is 18.4 Å². The second-order valence-corrected chi connectivity index (χ2v) is 8.95. The molecule has 7 nitrogen and oxygen atoms in total. The molecular weight excluding hydrogens is 447 g/mol. The largest absolute Gasteiger partial charge is 0.495 e. The summed E-state index contributed by atoms with van der Waals surface area (Å²) in [7, 11) is 1.55. The summed E-state index contributed by atoms with van der Waals surface area (Å²) in [6, 6.07) is 7.34. The highest BCUT2D eigenvalue weighted by Crippen LogP contribution is 2.33. The zero-order chi connectivity index (χ0) is 21.3. The molecule has 1 fully saturated rings. The van der Waals surface area contributed by atoms with Crippen LogP contribution in [0.5, 0.6) is 5.75 Å². The van der Waals surface area contributed by atoms with Gasteiger partial charge in [-0.2, -0.15) is 0 Å². The van der Waals surface area contributed by atoms with Gasteiger partial charge in [0.05, 0.1) is 12.1 Å². The molecular formula is C20H20Cl2N4O3S. The summed E-state index contributed by atoms with van der Waals surface area (Å²) in [4.78, 5) is 23.9. The van der Waals surface area contributed by atoms with E-state index in [1.54, 1.807) is 25.4 Å². The molecule has 2 atom stereocenters. The van der Waals surface area contributed by atoms with Gasteiger partial charge in [0.1, 0.15) is 21.6 Å². The van der Waals surface area contributed by atoms with Gasteiger partial charge in [-0.3, -0.25) is 10.1 Å². The number of carboxylic acids is 1. The molecule has 1 aliphatic rings. The highest BCUT2D eigenvalue weighted by Gasteiger charge is 2.45. The van der Waals surface area contributed by atoms with Gasteiger partial charge in [0.15, 0.2) is 0 Å². The van der Waals surface area contributed by atoms with Gasteiger partial charge in [0, 0.05) is 31.1 Å². The number of hydrogen-bond donors (Lipinski definition) is 2. The Bertz CT molecular complexity index is 1080. The quantitative estimate of drug-likeness (QED) is 0.416. The predicted molar refractivity (Wildman–Crippen MR) is 119 cm³/mol. The van der Waals surface area contributed by atoms with Gasteiger partial charge in [0.2, 0.25) is 5.95 Å². The number of thiophene rings is 1. The number of hydrogen-bond acceptors (Lipinski definition) is 7. The summed E-state index contributed by atoms with van der Waals surface area (Å²) in [5, 5.41) is 16.6. The van der Waals surface area contributed by atoms with Gasteiger partial charge >= 0.3 is 5.97 Å². The lowest BCUT2D eigenvalue weighted by atomic mass is 9.87. The first kappa shape index (κ1) is 21.1. The predicted octanol–water partition coefficient (Wildman–Crippen LogP) is 4.13. The number of aliphatic carboxylic acids is 1. The minimum absolute atomic E-state index is 0.208. The molecule has 3 aromatic rings. The number of rotatable bonds is 6. The molecule has 3 heterocycles. The smallest absolute Gasteiger partial charge is 0.324 e. The Balaban J connectivity index is 1.49. The second kappa shape index (κ2) is 8.55. The van der Waals surface area contributed by atoms with Crippen molar-refractivity contribution in [3.05, 3.63) is 46.4 Å². The van der Waals surface area contributed by atoms with Crippen molar-refractivity contribution < 1.29 is 14.6 Å². The molecule has 2 aromatic heterocycles. The highest BCUT2D eigenvalue weighted by molar-refractivity contribution is 7.16. The number of nitrogens with one attached hydrogen (secondary N) is 1. The number of aromatic nitrogens is 2. The lowest BCUT2D eigenvalue weighted by molar-refractivity contribution is -0.146. The van der Waals surface area contributed by atoms with E-state index in [1.165, 1.54) is 11.3 Å². The molecule has 0 amide bonds. The van der Waals surface area contributed by atoms with E-state index < -0.39 is 17.0 Å². The zero-order valence-corrected chi connectivity index (χ0v) is 18.5. The van der Waals surface area contributed by atoms with Crippen molar-refractivity contribution in [3.63, 3.8) is 0 Å². The molecule has 4 rings (SSSR count). The van der Waals surface area contributed by atoms with Crippen LogP contribution in [-0.4, -0.2) is 45.7 Å². The van der Waals surface area contributed by atoms with Crippen LogP contribution in [0.15, 0.2) is 35.8 Å². The third-order valence-electron chi connectivity index (χ3n) is 5.34. The van der Waals surface area contributed by atoms with Gasteiger partial charge in [-0.25, -0.2) is 9.97 Å². The molecule has 30 heavy (non-hydrogen) atoms. The van der Waals surface area contributed by atoms with Gasteiger partial charge in [-0.15, -0.1) is 11.3 Å². The Morgan fingerprint density at radius 3 is 3.00 bits per heavy atom. The van der Waals surface area contributed by atoms with E-state index in [0.717, 1.165) is 15.8 Å². The average Bonchev–Trinajstić information content (AvgIpc) is 3.20. The number of halogens is 2. The molecule has 1 saturated heterocycles. The molecule has 0 radical (unpaired) electrons. The summed E-state index contributed by atoms with van der Waals surface area (Å²) in [6.45, 7) is 0.769. The van der Waals surface area contributed by atoms with E-state index in [2.05, 4.69) is 15.3 Å². The Labute approximate surface area is 187 Å². The number of anilines is 1. The zero-order valence-electron chi connectivity index (χ0n) is 16.1. The van der Waals surface area contributed by atoms with Crippen LogP contribution < -0.4 is 15.0 Å². The fraction of sp³-hybridized carbons (Fsp3) is 0.350. The van der Waals surface area contributed by atoms with Crippen molar-refractivity contribution in [2.45, 2.75) is 30.4 Å². The van der Waals surface area contributed by atoms with E-state index in [1.807, 2.05) is 22.4 Å². The maximum absolute atomic E-state index is 12.2. The lowest BCUT2D eigenvalue weighted by Gasteiger charge is -2.42. The third kappa shape index (κ3) is 4.05. The first-order valence-electron chi connectivity index (χ1n) is 9.34. The van der Waals surface area contributed by atoms with Crippen LogP contribution >= 0.6 is 34.5 Å². The molecule has 2 N–H and O–H groups in total. The summed E-state index contributed by atoms with van der Waals surface area (Å²) >= 11 is 14.3. The van der Waals surface area contributed by atoms with Gasteiger partial charge < -0.3 is 14.7 Å². The fourth-order valence-electron chi connectivity index (χ4n) is 3.58. The van der Waals surface area contributed by atoms with Crippen molar-refractivity contribution in [3.8, 4) is 5.75 Å². The Hall–Kier alpha value is -2.13. The summed E-state index contributed by atoms with van der Waals surface area (Å²) < 4.78 is 5.16. The maximum atomic E-state index is 12.2. The van der Waals surface area contributed by atoms with Crippen molar-refractivity contribution in [1.29, 1.82) is 0 Å². The second-order valence-electron chi connectivity index (χ2n) is 7.14. The summed E-state index contributed by atoms with van der Waals surface area (Å²) in [5.41, 5.74) is -0.844. The van der Waals surface area contributed by atoms with Crippen LogP contribution in [0, 0.1) is 0 Å². The van der Waals surface area contributed by atoms with Crippen molar-refractivity contribution in [2.75, 3.05) is 18.6 Å². The number of methoxy groups -OCH3 is 1. The monoisotopic (exact) mass is 466 g/mol. The molecule has 158 valence electrons. The van der Waals surface area contributed by atoms with E-state index in [9.17, 15) is 9.90 Å². The Morgan fingerprint density at radius 2 is 2.30 bits per heavy atom. The molecule has 0 bridgehead atoms. The molecule has 2 unspecified atom stereocenters. The third-order valence-corrected chi connectivity index (χ3v) is 6.85. The van der Waals surface area contributed by atoms with Crippen LogP contribution in [0.25, 0.3) is 10.2 Å². The molecule has 0 aliphatic carbocycles. The maximum Gasteiger partial charge on any atom is 0.324 e. The van der Waals surface area contributed by atoms with Crippen molar-refractivity contribution >= 4 is 56.7 Å². The number of piperidine rings is 1. The highest BCUT2D eigenvalue weighted by atomic mass is 35.5. The number of fused-ring (bicyclic) bond motifs is 1. The topological polar surface area (TPSA) is 87.6 Å². The SMILES string of the molecule is COc1ccc(CNC2(C(=O)O)CCN(c3ncc4ccsc4n3)C(Cl)C2)cc1Cl. The number of carboxylic acid groups (broad SMARTS) is 1. The normalized spacial score (nSPS) is 21.7. The van der Waals surface area contributed by atoms with Gasteiger partial charge in [-0.1, -0.05) is 29.3 Å². The van der Waals surface area contributed by atoms with Crippen molar-refractivity contribution in [1.82, 2.24) is 15.3 Å². The lowest BCUT2D eigenvalue weighted by Crippen LogP contribution is -2.60. The molecule has 0 spiro atoms. The van der Waals surface area contributed by atoms with E-state index in [4.69, 9.17) is 27.9 Å². The first-order valence-corrected chi connectivity index (χ1v) is 11.0. The number of carbonyl (C=O) groups is 1. The van der Waals surface area contributed by atoms with E-state index in [-0.39, 0.29) is 6.42 Å². The molecule has 1 aromatic carbocycles. The van der Waals surface area contributed by atoms with Crippen molar-refractivity contribution in [2.24, 2.45) is 0 Å². The van der Waals surface area contributed by atoms with E-state index >= 15 is 0 Å². The average molecular weight is 467 g/mol. The van der Waals surface area contributed by atoms with Crippen LogP contribution in [-0.2, 0) is 11.3 Å². The van der Waals surface area contributed by atoms with Gasteiger partial charge in [-0.05, 0) is 35.6 Å². The van der Waals surface area contributed by atoms with Crippen LogP contribution in [0.4, 0.5) is 5.95 Å². The fourth-order valence-corrected chi connectivity index (χ4v) is 5.05. The standard InChI is InChI=1S/C20H20Cl2N4O3S/c1-29-15-3-2-12(8-14(15)21)10-24-20(18(27)28)5-6-26(16(22)9-20)19-23-11-13-4-7-30-17(13)25-19/h2-4,7-8,11,16,24H,5-6,9-10H2,1H3,(H,27,28). The molecule has 0 saturated carbocycles.